The first kappa shape index (κ1) is 12.8. The minimum Gasteiger partial charge on any atom is -0.467 e. The second-order valence-corrected chi connectivity index (χ2v) is 4.10. The molecule has 4 nitrogen and oxygen atoms in total. The summed E-state index contributed by atoms with van der Waals surface area (Å²) in [6, 6.07) is 3.66. The van der Waals surface area contributed by atoms with Gasteiger partial charge in [-0.2, -0.15) is 0 Å². The summed E-state index contributed by atoms with van der Waals surface area (Å²) in [4.78, 5) is 13.7. The van der Waals surface area contributed by atoms with Crippen LogP contribution in [0.2, 0.25) is 0 Å². The average Bonchev–Trinajstić information content (AvgIpc) is 2.79. The van der Waals surface area contributed by atoms with Crippen LogP contribution in [0.5, 0.6) is 0 Å². The maximum Gasteiger partial charge on any atom is 0.242 e. The van der Waals surface area contributed by atoms with Crippen molar-refractivity contribution >= 4 is 5.91 Å². The van der Waals surface area contributed by atoms with Crippen molar-refractivity contribution in [1.29, 1.82) is 0 Å². The van der Waals surface area contributed by atoms with Crippen LogP contribution in [0.25, 0.3) is 0 Å². The quantitative estimate of drug-likeness (QED) is 0.829. The highest BCUT2D eigenvalue weighted by atomic mass is 16.3. The van der Waals surface area contributed by atoms with Gasteiger partial charge in [-0.25, -0.2) is 0 Å². The van der Waals surface area contributed by atoms with Gasteiger partial charge < -0.3 is 15.1 Å². The number of hydrogen-bond donors (Lipinski definition) is 1. The smallest absolute Gasteiger partial charge is 0.242 e. The van der Waals surface area contributed by atoms with E-state index in [1.165, 1.54) is 0 Å². The van der Waals surface area contributed by atoms with E-state index in [9.17, 15) is 4.79 Å². The van der Waals surface area contributed by atoms with E-state index >= 15 is 0 Å². The van der Waals surface area contributed by atoms with E-state index in [-0.39, 0.29) is 5.91 Å². The van der Waals surface area contributed by atoms with Gasteiger partial charge in [0.2, 0.25) is 5.91 Å². The van der Waals surface area contributed by atoms with Crippen LogP contribution >= 0.6 is 0 Å². The summed E-state index contributed by atoms with van der Waals surface area (Å²) < 4.78 is 5.20. The van der Waals surface area contributed by atoms with Gasteiger partial charge in [-0.1, -0.05) is 13.8 Å². The molecule has 0 aromatic carbocycles. The number of hydrogen-bond acceptors (Lipinski definition) is 3. The highest BCUT2D eigenvalue weighted by Gasteiger charge is 2.32. The highest BCUT2D eigenvalue weighted by Crippen LogP contribution is 2.16. The van der Waals surface area contributed by atoms with Crippen LogP contribution in [0.1, 0.15) is 32.4 Å². The fraction of sp³-hybridized carbons (Fsp3) is 0.583. The van der Waals surface area contributed by atoms with Crippen molar-refractivity contribution in [2.75, 3.05) is 7.05 Å². The SMILES string of the molecule is CCC(N)(CC)C(=O)N(C)Cc1ccco1. The molecule has 1 rings (SSSR count). The molecule has 0 spiro atoms. The molecule has 4 heteroatoms. The first-order chi connectivity index (χ1) is 7.53. The number of likely N-dealkylation sites (N-methyl/N-ethyl adjacent to an activating group) is 1. The van der Waals surface area contributed by atoms with E-state index in [1.54, 1.807) is 18.2 Å². The lowest BCUT2D eigenvalue weighted by molar-refractivity contribution is -0.136. The van der Waals surface area contributed by atoms with Crippen LogP contribution in [0, 0.1) is 0 Å². The van der Waals surface area contributed by atoms with Gasteiger partial charge in [-0.05, 0) is 25.0 Å². The molecule has 0 fully saturated rings. The van der Waals surface area contributed by atoms with Crippen molar-refractivity contribution < 1.29 is 9.21 Å². The molecule has 1 aromatic rings. The van der Waals surface area contributed by atoms with Crippen molar-refractivity contribution in [2.45, 2.75) is 38.8 Å². The molecule has 0 aliphatic carbocycles. The molecular weight excluding hydrogens is 204 g/mol. The summed E-state index contributed by atoms with van der Waals surface area (Å²) in [6.45, 7) is 4.33. The van der Waals surface area contributed by atoms with E-state index in [4.69, 9.17) is 10.2 Å². The van der Waals surface area contributed by atoms with Crippen molar-refractivity contribution in [2.24, 2.45) is 5.73 Å². The molecule has 0 bridgehead atoms. The van der Waals surface area contributed by atoms with Crippen molar-refractivity contribution in [3.63, 3.8) is 0 Å². The number of furan rings is 1. The maximum absolute atomic E-state index is 12.1. The second kappa shape index (κ2) is 5.16. The van der Waals surface area contributed by atoms with Crippen LogP contribution in [-0.4, -0.2) is 23.4 Å². The zero-order valence-corrected chi connectivity index (χ0v) is 10.2. The molecule has 0 saturated heterocycles. The van der Waals surface area contributed by atoms with Gasteiger partial charge in [0.1, 0.15) is 5.76 Å². The molecule has 0 unspecified atom stereocenters. The van der Waals surface area contributed by atoms with Crippen LogP contribution in [-0.2, 0) is 11.3 Å². The van der Waals surface area contributed by atoms with Crippen molar-refractivity contribution in [3.05, 3.63) is 24.2 Å². The summed E-state index contributed by atoms with van der Waals surface area (Å²) in [7, 11) is 1.75. The zero-order valence-electron chi connectivity index (χ0n) is 10.2. The molecule has 0 atom stereocenters. The minimum atomic E-state index is -0.749. The van der Waals surface area contributed by atoms with Gasteiger partial charge in [-0.3, -0.25) is 4.79 Å². The highest BCUT2D eigenvalue weighted by molar-refractivity contribution is 5.85. The lowest BCUT2D eigenvalue weighted by Gasteiger charge is -2.30. The average molecular weight is 224 g/mol. The Kier molecular flexibility index (Phi) is 4.12. The van der Waals surface area contributed by atoms with Crippen LogP contribution in [0.15, 0.2) is 22.8 Å². The first-order valence-corrected chi connectivity index (χ1v) is 5.60. The van der Waals surface area contributed by atoms with Gasteiger partial charge >= 0.3 is 0 Å². The number of nitrogens with zero attached hydrogens (tertiary/aromatic N) is 1. The third kappa shape index (κ3) is 2.64. The van der Waals surface area contributed by atoms with Crippen molar-refractivity contribution in [3.8, 4) is 0 Å². The minimum absolute atomic E-state index is 0.0334. The zero-order chi connectivity index (χ0) is 12.2. The monoisotopic (exact) mass is 224 g/mol. The summed E-state index contributed by atoms with van der Waals surface area (Å²) in [5, 5.41) is 0. The molecular formula is C12H20N2O2. The predicted octanol–water partition coefficient (Wildman–Crippen LogP) is 1.76. The Morgan fingerprint density at radius 3 is 2.56 bits per heavy atom. The number of rotatable bonds is 5. The molecule has 90 valence electrons. The molecule has 1 aromatic heterocycles. The van der Waals surface area contributed by atoms with E-state index in [2.05, 4.69) is 0 Å². The molecule has 0 radical (unpaired) electrons. The van der Waals surface area contributed by atoms with Crippen LogP contribution < -0.4 is 5.73 Å². The fourth-order valence-electron chi connectivity index (χ4n) is 1.64. The van der Waals surface area contributed by atoms with Gasteiger partial charge in [0.25, 0.3) is 0 Å². The fourth-order valence-corrected chi connectivity index (χ4v) is 1.64. The molecule has 0 aliphatic rings. The normalized spacial score (nSPS) is 11.5. The lowest BCUT2D eigenvalue weighted by Crippen LogP contribution is -2.53. The Balaban J connectivity index is 2.67. The van der Waals surface area contributed by atoms with Gasteiger partial charge in [0.05, 0.1) is 18.3 Å². The van der Waals surface area contributed by atoms with E-state index in [0.717, 1.165) is 5.76 Å². The first-order valence-electron chi connectivity index (χ1n) is 5.60. The third-order valence-electron chi connectivity index (χ3n) is 3.01. The molecule has 1 heterocycles. The topological polar surface area (TPSA) is 59.5 Å². The van der Waals surface area contributed by atoms with E-state index < -0.39 is 5.54 Å². The summed E-state index contributed by atoms with van der Waals surface area (Å²) >= 11 is 0. The van der Waals surface area contributed by atoms with Crippen molar-refractivity contribution in [1.82, 2.24) is 4.90 Å². The molecule has 1 amide bonds. The standard InChI is InChI=1S/C12H20N2O2/c1-4-12(13,5-2)11(15)14(3)9-10-7-6-8-16-10/h6-8H,4-5,9,13H2,1-3H3. The van der Waals surface area contributed by atoms with Gasteiger partial charge in [0.15, 0.2) is 0 Å². The number of nitrogens with two attached hydrogens (primary N) is 1. The largest absolute Gasteiger partial charge is 0.467 e. The van der Waals surface area contributed by atoms with E-state index in [0.29, 0.717) is 19.4 Å². The Morgan fingerprint density at radius 1 is 1.50 bits per heavy atom. The predicted molar refractivity (Wildman–Crippen MR) is 62.7 cm³/mol. The summed E-state index contributed by atoms with van der Waals surface area (Å²) in [6.07, 6.45) is 2.89. The third-order valence-corrected chi connectivity index (χ3v) is 3.01. The Bertz CT molecular complexity index is 329. The molecule has 16 heavy (non-hydrogen) atoms. The van der Waals surface area contributed by atoms with Crippen LogP contribution in [0.3, 0.4) is 0 Å². The maximum atomic E-state index is 12.1. The summed E-state index contributed by atoms with van der Waals surface area (Å²) in [5.74, 6) is 0.735. The number of amides is 1. The Morgan fingerprint density at radius 2 is 2.12 bits per heavy atom. The lowest BCUT2D eigenvalue weighted by atomic mass is 9.92. The Hall–Kier alpha value is -1.29. The van der Waals surface area contributed by atoms with Gasteiger partial charge in [0, 0.05) is 7.05 Å². The number of carbonyl (C=O) groups excluding carboxylic acids is 1. The van der Waals surface area contributed by atoms with E-state index in [1.807, 2.05) is 26.0 Å². The number of carbonyl (C=O) groups is 1. The second-order valence-electron chi connectivity index (χ2n) is 4.10. The Labute approximate surface area is 96.4 Å². The molecule has 0 saturated carbocycles. The van der Waals surface area contributed by atoms with Gasteiger partial charge in [-0.15, -0.1) is 0 Å². The summed E-state index contributed by atoms with van der Waals surface area (Å²) in [5.41, 5.74) is 5.30. The molecule has 0 aliphatic heterocycles. The molecule has 2 N–H and O–H groups in total. The van der Waals surface area contributed by atoms with Crippen LogP contribution in [0.4, 0.5) is 0 Å².